The second-order valence-corrected chi connectivity index (χ2v) is 2.70. The van der Waals surface area contributed by atoms with Crippen molar-refractivity contribution in [1.82, 2.24) is 4.98 Å². The van der Waals surface area contributed by atoms with Crippen molar-refractivity contribution in [3.63, 3.8) is 0 Å². The molecule has 0 aliphatic rings. The first-order valence-corrected chi connectivity index (χ1v) is 4.01. The predicted molar refractivity (Wildman–Crippen MR) is 46.3 cm³/mol. The van der Waals surface area contributed by atoms with Crippen molar-refractivity contribution in [3.05, 3.63) is 17.2 Å². The van der Waals surface area contributed by atoms with E-state index in [0.717, 1.165) is 6.42 Å². The molecule has 13 heavy (non-hydrogen) atoms. The Kier molecular flexibility index (Phi) is 2.70. The molecule has 68 valence electrons. The van der Waals surface area contributed by atoms with Gasteiger partial charge < -0.3 is 10.2 Å². The number of aromatic nitrogens is 1. The van der Waals surface area contributed by atoms with Crippen LogP contribution in [0.25, 0.3) is 0 Å². The summed E-state index contributed by atoms with van der Waals surface area (Å²) in [6.45, 7) is 1.95. The molecule has 2 N–H and O–H groups in total. The first-order chi connectivity index (χ1) is 6.19. The Hall–Kier alpha value is -1.76. The van der Waals surface area contributed by atoms with Crippen LogP contribution < -0.4 is 0 Å². The molecule has 0 aliphatic carbocycles. The summed E-state index contributed by atoms with van der Waals surface area (Å²) in [5.41, 5.74) is 0.787. The summed E-state index contributed by atoms with van der Waals surface area (Å²) < 4.78 is 0. The van der Waals surface area contributed by atoms with Gasteiger partial charge in [-0.2, -0.15) is 10.2 Å². The Morgan fingerprint density at radius 1 is 1.54 bits per heavy atom. The molecule has 0 aliphatic heterocycles. The summed E-state index contributed by atoms with van der Waals surface area (Å²) in [6, 6.07) is 3.26. The molecule has 0 fully saturated rings. The van der Waals surface area contributed by atoms with E-state index in [9.17, 15) is 5.11 Å². The number of pyridine rings is 1. The summed E-state index contributed by atoms with van der Waals surface area (Å²) in [5.74, 6) is -0.647. The van der Waals surface area contributed by atoms with E-state index in [1.165, 1.54) is 6.07 Å². The van der Waals surface area contributed by atoms with Crippen LogP contribution in [0.1, 0.15) is 24.5 Å². The average Bonchev–Trinajstić information content (AvgIpc) is 2.04. The van der Waals surface area contributed by atoms with Gasteiger partial charge in [-0.05, 0) is 12.0 Å². The van der Waals surface area contributed by atoms with Gasteiger partial charge in [-0.25, -0.2) is 0 Å². The average molecular weight is 178 g/mol. The molecular formula is C9H10N2O2. The van der Waals surface area contributed by atoms with E-state index in [1.54, 1.807) is 0 Å². The van der Waals surface area contributed by atoms with Gasteiger partial charge in [-0.3, -0.25) is 0 Å². The summed E-state index contributed by atoms with van der Waals surface area (Å²) in [4.78, 5) is 3.38. The zero-order valence-electron chi connectivity index (χ0n) is 7.28. The Labute approximate surface area is 76.1 Å². The fourth-order valence-electron chi connectivity index (χ4n) is 1.16. The molecule has 1 aromatic rings. The standard InChI is InChI=1S/C9H10N2O2/c1-2-3-6-4-8(12)11-9(13)7(6)5-10/h4H,2-3H2,1H3,(H2,11,12,13). The maximum Gasteiger partial charge on any atom is 0.232 e. The van der Waals surface area contributed by atoms with E-state index in [2.05, 4.69) is 4.98 Å². The second kappa shape index (κ2) is 3.76. The van der Waals surface area contributed by atoms with Gasteiger partial charge in [0, 0.05) is 6.07 Å². The third-order valence-electron chi connectivity index (χ3n) is 1.70. The lowest BCUT2D eigenvalue weighted by Gasteiger charge is -2.03. The van der Waals surface area contributed by atoms with E-state index in [-0.39, 0.29) is 11.4 Å². The lowest BCUT2D eigenvalue weighted by Crippen LogP contribution is -1.92. The van der Waals surface area contributed by atoms with Crippen molar-refractivity contribution in [2.75, 3.05) is 0 Å². The van der Waals surface area contributed by atoms with Gasteiger partial charge in [0.1, 0.15) is 11.6 Å². The van der Waals surface area contributed by atoms with Crippen LogP contribution in [0.2, 0.25) is 0 Å². The third kappa shape index (κ3) is 1.88. The van der Waals surface area contributed by atoms with E-state index in [0.29, 0.717) is 12.0 Å². The predicted octanol–water partition coefficient (Wildman–Crippen LogP) is 1.32. The number of nitriles is 1. The number of hydrogen-bond acceptors (Lipinski definition) is 4. The van der Waals surface area contributed by atoms with Crippen LogP contribution in [0.4, 0.5) is 0 Å². The van der Waals surface area contributed by atoms with Gasteiger partial charge in [0.2, 0.25) is 11.8 Å². The third-order valence-corrected chi connectivity index (χ3v) is 1.70. The van der Waals surface area contributed by atoms with Crippen LogP contribution in [0, 0.1) is 11.3 Å². The monoisotopic (exact) mass is 178 g/mol. The van der Waals surface area contributed by atoms with Crippen molar-refractivity contribution in [2.45, 2.75) is 19.8 Å². The number of hydrogen-bond donors (Lipinski definition) is 2. The molecule has 1 rings (SSSR count). The van der Waals surface area contributed by atoms with Crippen molar-refractivity contribution in [1.29, 1.82) is 5.26 Å². The molecule has 0 aromatic carbocycles. The first-order valence-electron chi connectivity index (χ1n) is 4.01. The second-order valence-electron chi connectivity index (χ2n) is 2.70. The van der Waals surface area contributed by atoms with Gasteiger partial charge in [-0.1, -0.05) is 13.3 Å². The van der Waals surface area contributed by atoms with Crippen molar-refractivity contribution >= 4 is 0 Å². The normalized spacial score (nSPS) is 9.54. The lowest BCUT2D eigenvalue weighted by molar-refractivity contribution is 0.410. The quantitative estimate of drug-likeness (QED) is 0.715. The Balaban J connectivity index is 3.23. The van der Waals surface area contributed by atoms with Gasteiger partial charge >= 0.3 is 0 Å². The van der Waals surface area contributed by atoms with E-state index in [4.69, 9.17) is 10.4 Å². The molecule has 1 aromatic heterocycles. The minimum Gasteiger partial charge on any atom is -0.493 e. The van der Waals surface area contributed by atoms with Gasteiger partial charge in [0.15, 0.2) is 0 Å². The van der Waals surface area contributed by atoms with Gasteiger partial charge in [-0.15, -0.1) is 0 Å². The SMILES string of the molecule is CCCc1cc(O)nc(O)c1C#N. The molecule has 0 spiro atoms. The highest BCUT2D eigenvalue weighted by atomic mass is 16.3. The van der Waals surface area contributed by atoms with Crippen molar-refractivity contribution < 1.29 is 10.2 Å². The molecule has 4 heteroatoms. The van der Waals surface area contributed by atoms with Crippen LogP contribution in [0.3, 0.4) is 0 Å². The van der Waals surface area contributed by atoms with Crippen molar-refractivity contribution in [2.24, 2.45) is 0 Å². The zero-order chi connectivity index (χ0) is 9.84. The summed E-state index contributed by atoms with van der Waals surface area (Å²) in [5, 5.41) is 27.0. The topological polar surface area (TPSA) is 77.1 Å². The first kappa shape index (κ1) is 9.33. The van der Waals surface area contributed by atoms with E-state index < -0.39 is 5.88 Å². The minimum atomic E-state index is -0.397. The number of aromatic hydroxyl groups is 2. The Morgan fingerprint density at radius 3 is 2.77 bits per heavy atom. The minimum absolute atomic E-state index is 0.152. The molecule has 0 radical (unpaired) electrons. The highest BCUT2D eigenvalue weighted by Gasteiger charge is 2.10. The number of rotatable bonds is 2. The van der Waals surface area contributed by atoms with Gasteiger partial charge in [0.25, 0.3) is 0 Å². The Morgan fingerprint density at radius 2 is 2.23 bits per heavy atom. The maximum atomic E-state index is 9.21. The lowest BCUT2D eigenvalue weighted by atomic mass is 10.1. The zero-order valence-corrected chi connectivity index (χ0v) is 7.28. The van der Waals surface area contributed by atoms with Crippen molar-refractivity contribution in [3.8, 4) is 17.8 Å². The number of aryl methyl sites for hydroxylation is 1. The van der Waals surface area contributed by atoms with Crippen LogP contribution in [0.15, 0.2) is 6.07 Å². The highest BCUT2D eigenvalue weighted by molar-refractivity contribution is 5.46. The molecule has 0 saturated carbocycles. The molecule has 1 heterocycles. The Bertz CT molecular complexity index is 355. The molecule has 0 bridgehead atoms. The summed E-state index contributed by atoms with van der Waals surface area (Å²) in [7, 11) is 0. The number of nitrogens with zero attached hydrogens (tertiary/aromatic N) is 2. The molecule has 0 unspecified atom stereocenters. The van der Waals surface area contributed by atoms with Crippen LogP contribution in [0.5, 0.6) is 11.8 Å². The van der Waals surface area contributed by atoms with Crippen LogP contribution >= 0.6 is 0 Å². The van der Waals surface area contributed by atoms with E-state index >= 15 is 0 Å². The summed E-state index contributed by atoms with van der Waals surface area (Å²) in [6.07, 6.45) is 1.49. The smallest absolute Gasteiger partial charge is 0.232 e. The van der Waals surface area contributed by atoms with Crippen LogP contribution in [-0.4, -0.2) is 15.2 Å². The molecular weight excluding hydrogens is 168 g/mol. The fourth-order valence-corrected chi connectivity index (χ4v) is 1.16. The molecule has 0 saturated heterocycles. The van der Waals surface area contributed by atoms with Gasteiger partial charge in [0.05, 0.1) is 0 Å². The van der Waals surface area contributed by atoms with E-state index in [1.807, 2.05) is 13.0 Å². The van der Waals surface area contributed by atoms with Crippen LogP contribution in [-0.2, 0) is 6.42 Å². The highest BCUT2D eigenvalue weighted by Crippen LogP contribution is 2.23. The largest absolute Gasteiger partial charge is 0.493 e. The summed E-state index contributed by atoms with van der Waals surface area (Å²) >= 11 is 0. The molecule has 0 atom stereocenters. The molecule has 4 nitrogen and oxygen atoms in total. The maximum absolute atomic E-state index is 9.21. The fraction of sp³-hybridized carbons (Fsp3) is 0.333. The molecule has 0 amide bonds.